The van der Waals surface area contributed by atoms with Crippen LogP contribution in [0, 0.1) is 0 Å². The molecule has 2 heterocycles. The second kappa shape index (κ2) is 12.7. The molecule has 3 aromatic rings. The van der Waals surface area contributed by atoms with Crippen molar-refractivity contribution in [3.8, 4) is 11.5 Å². The Morgan fingerprint density at radius 2 is 1.62 bits per heavy atom. The van der Waals surface area contributed by atoms with Crippen molar-refractivity contribution < 1.29 is 18.9 Å². The van der Waals surface area contributed by atoms with Crippen LogP contribution >= 0.6 is 11.3 Å². The summed E-state index contributed by atoms with van der Waals surface area (Å²) >= 11 is 1.65. The van der Waals surface area contributed by atoms with Crippen molar-refractivity contribution >= 4 is 16.5 Å². The molecular formula is C26H33N3O4S. The van der Waals surface area contributed by atoms with Gasteiger partial charge < -0.3 is 23.8 Å². The van der Waals surface area contributed by atoms with Crippen molar-refractivity contribution in [1.82, 2.24) is 9.88 Å². The first kappa shape index (κ1) is 24.5. The molecular weight excluding hydrogens is 450 g/mol. The SMILES string of the molecule is COc1cccc(CN(Cc2cccc(OC)c2)c2nc(COCCN3CCOCC3)cs2)c1. The van der Waals surface area contributed by atoms with Crippen LogP contribution in [0.5, 0.6) is 11.5 Å². The van der Waals surface area contributed by atoms with E-state index in [-0.39, 0.29) is 0 Å². The third-order valence-electron chi connectivity index (χ3n) is 5.73. The number of aromatic nitrogens is 1. The van der Waals surface area contributed by atoms with Crippen LogP contribution in [-0.2, 0) is 29.2 Å². The predicted octanol–water partition coefficient (Wildman–Crippen LogP) is 4.22. The molecule has 2 aromatic carbocycles. The highest BCUT2D eigenvalue weighted by Gasteiger charge is 2.15. The number of hydrogen-bond acceptors (Lipinski definition) is 8. The highest BCUT2D eigenvalue weighted by atomic mass is 32.1. The van der Waals surface area contributed by atoms with E-state index in [1.165, 1.54) is 11.1 Å². The molecule has 0 saturated carbocycles. The Morgan fingerprint density at radius 1 is 0.971 bits per heavy atom. The molecule has 0 bridgehead atoms. The van der Waals surface area contributed by atoms with Crippen LogP contribution in [-0.4, -0.2) is 63.6 Å². The summed E-state index contributed by atoms with van der Waals surface area (Å²) in [5.41, 5.74) is 3.30. The summed E-state index contributed by atoms with van der Waals surface area (Å²) in [5.74, 6) is 1.71. The van der Waals surface area contributed by atoms with Crippen LogP contribution in [0.3, 0.4) is 0 Å². The van der Waals surface area contributed by atoms with Crippen LogP contribution in [0.2, 0.25) is 0 Å². The lowest BCUT2D eigenvalue weighted by molar-refractivity contribution is 0.0177. The average molecular weight is 484 g/mol. The number of ether oxygens (including phenoxy) is 4. The zero-order valence-corrected chi connectivity index (χ0v) is 20.8. The summed E-state index contributed by atoms with van der Waals surface area (Å²) in [6, 6.07) is 16.3. The molecule has 1 saturated heterocycles. The van der Waals surface area contributed by atoms with Crippen molar-refractivity contribution in [2.24, 2.45) is 0 Å². The van der Waals surface area contributed by atoms with Gasteiger partial charge in [-0.25, -0.2) is 4.98 Å². The van der Waals surface area contributed by atoms with Crippen LogP contribution in [0.1, 0.15) is 16.8 Å². The fourth-order valence-corrected chi connectivity index (χ4v) is 4.69. The third-order valence-corrected chi connectivity index (χ3v) is 6.68. The molecule has 0 aliphatic carbocycles. The first-order valence-corrected chi connectivity index (χ1v) is 12.4. The van der Waals surface area contributed by atoms with Crippen molar-refractivity contribution in [2.75, 3.05) is 58.6 Å². The number of rotatable bonds is 12. The van der Waals surface area contributed by atoms with E-state index < -0.39 is 0 Å². The molecule has 0 N–H and O–H groups in total. The zero-order chi connectivity index (χ0) is 23.6. The Kier molecular flexibility index (Phi) is 9.15. The normalized spacial score (nSPS) is 14.2. The second-order valence-corrected chi connectivity index (χ2v) is 9.02. The lowest BCUT2D eigenvalue weighted by Crippen LogP contribution is -2.38. The minimum absolute atomic E-state index is 0.521. The highest BCUT2D eigenvalue weighted by Crippen LogP contribution is 2.27. The van der Waals surface area contributed by atoms with E-state index in [1.54, 1.807) is 25.6 Å². The highest BCUT2D eigenvalue weighted by molar-refractivity contribution is 7.13. The number of nitrogens with zero attached hydrogens (tertiary/aromatic N) is 3. The van der Waals surface area contributed by atoms with Crippen molar-refractivity contribution in [1.29, 1.82) is 0 Å². The smallest absolute Gasteiger partial charge is 0.186 e. The summed E-state index contributed by atoms with van der Waals surface area (Å²) in [7, 11) is 3.39. The van der Waals surface area contributed by atoms with E-state index in [4.69, 9.17) is 23.9 Å². The number of hydrogen-bond donors (Lipinski definition) is 0. The topological polar surface area (TPSA) is 56.3 Å². The monoisotopic (exact) mass is 483 g/mol. The van der Waals surface area contributed by atoms with Gasteiger partial charge in [0, 0.05) is 38.1 Å². The Hall–Kier alpha value is -2.65. The van der Waals surface area contributed by atoms with Crippen molar-refractivity contribution in [2.45, 2.75) is 19.7 Å². The lowest BCUT2D eigenvalue weighted by atomic mass is 10.1. The van der Waals surface area contributed by atoms with Gasteiger partial charge in [-0.2, -0.15) is 0 Å². The van der Waals surface area contributed by atoms with E-state index >= 15 is 0 Å². The molecule has 1 aliphatic heterocycles. The molecule has 182 valence electrons. The maximum Gasteiger partial charge on any atom is 0.186 e. The van der Waals surface area contributed by atoms with Gasteiger partial charge in [0.05, 0.1) is 46.3 Å². The minimum atomic E-state index is 0.521. The molecule has 8 heteroatoms. The number of anilines is 1. The molecule has 4 rings (SSSR count). The quantitative estimate of drug-likeness (QED) is 0.358. The summed E-state index contributed by atoms with van der Waals surface area (Å²) < 4.78 is 22.2. The number of morpholine rings is 1. The summed E-state index contributed by atoms with van der Waals surface area (Å²) in [5, 5.41) is 3.06. The summed E-state index contributed by atoms with van der Waals surface area (Å²) in [6.45, 7) is 7.17. The van der Waals surface area contributed by atoms with Crippen LogP contribution in [0.25, 0.3) is 0 Å². The molecule has 0 radical (unpaired) electrons. The minimum Gasteiger partial charge on any atom is -0.497 e. The van der Waals surface area contributed by atoms with Crippen LogP contribution in [0.15, 0.2) is 53.9 Å². The fourth-order valence-electron chi connectivity index (χ4n) is 3.88. The van der Waals surface area contributed by atoms with Gasteiger partial charge in [0.15, 0.2) is 5.13 Å². The Morgan fingerprint density at radius 3 is 2.24 bits per heavy atom. The largest absolute Gasteiger partial charge is 0.497 e. The molecule has 0 atom stereocenters. The Balaban J connectivity index is 1.41. The Bertz CT molecular complexity index is 973. The van der Waals surface area contributed by atoms with Gasteiger partial charge in [0.2, 0.25) is 0 Å². The van der Waals surface area contributed by atoms with Crippen LogP contribution < -0.4 is 14.4 Å². The summed E-state index contributed by atoms with van der Waals surface area (Å²) in [4.78, 5) is 9.55. The van der Waals surface area contributed by atoms with Gasteiger partial charge in [-0.15, -0.1) is 11.3 Å². The second-order valence-electron chi connectivity index (χ2n) is 8.19. The van der Waals surface area contributed by atoms with Crippen molar-refractivity contribution in [3.63, 3.8) is 0 Å². The lowest BCUT2D eigenvalue weighted by Gasteiger charge is -2.26. The summed E-state index contributed by atoms with van der Waals surface area (Å²) in [6.07, 6.45) is 0. The molecule has 34 heavy (non-hydrogen) atoms. The van der Waals surface area contributed by atoms with E-state index in [0.717, 1.165) is 68.3 Å². The van der Waals surface area contributed by atoms with Gasteiger partial charge in [-0.3, -0.25) is 4.90 Å². The van der Waals surface area contributed by atoms with Gasteiger partial charge in [0.25, 0.3) is 0 Å². The predicted molar refractivity (Wildman–Crippen MR) is 135 cm³/mol. The van der Waals surface area contributed by atoms with Crippen molar-refractivity contribution in [3.05, 3.63) is 70.7 Å². The molecule has 1 fully saturated rings. The molecule has 0 amide bonds. The van der Waals surface area contributed by atoms with Gasteiger partial charge in [-0.05, 0) is 35.4 Å². The first-order valence-electron chi connectivity index (χ1n) is 11.6. The fraction of sp³-hybridized carbons (Fsp3) is 0.423. The van der Waals surface area contributed by atoms with E-state index in [0.29, 0.717) is 13.2 Å². The van der Waals surface area contributed by atoms with Gasteiger partial charge >= 0.3 is 0 Å². The maximum atomic E-state index is 5.92. The van der Waals surface area contributed by atoms with E-state index in [1.807, 2.05) is 24.3 Å². The van der Waals surface area contributed by atoms with E-state index in [2.05, 4.69) is 39.4 Å². The number of methoxy groups -OCH3 is 2. The molecule has 0 spiro atoms. The zero-order valence-electron chi connectivity index (χ0n) is 19.9. The Labute approximate surface area is 205 Å². The average Bonchev–Trinajstić information content (AvgIpc) is 3.36. The maximum absolute atomic E-state index is 5.92. The molecule has 1 aliphatic rings. The number of benzene rings is 2. The molecule has 0 unspecified atom stereocenters. The van der Waals surface area contributed by atoms with Crippen LogP contribution in [0.4, 0.5) is 5.13 Å². The molecule has 7 nitrogen and oxygen atoms in total. The van der Waals surface area contributed by atoms with Gasteiger partial charge in [-0.1, -0.05) is 24.3 Å². The van der Waals surface area contributed by atoms with E-state index in [9.17, 15) is 0 Å². The standard InChI is InChI=1S/C26H33N3O4S/c1-30-24-7-3-5-21(15-24)17-29(18-22-6-4-8-25(16-22)31-2)26-27-23(20-34-26)19-33-14-11-28-9-12-32-13-10-28/h3-8,15-16,20H,9-14,17-19H2,1-2H3. The first-order chi connectivity index (χ1) is 16.7. The third kappa shape index (κ3) is 7.17. The van der Waals surface area contributed by atoms with Gasteiger partial charge in [0.1, 0.15) is 11.5 Å². The molecule has 1 aromatic heterocycles. The number of thiazole rings is 1.